The number of aromatic amines is 1. The number of carbonyl (C=O) groups excluding carboxylic acids is 1. The smallest absolute Gasteiger partial charge is 0.306 e. The zero-order valence-electron chi connectivity index (χ0n) is 13.3. The largest absolute Gasteiger partial charge is 0.481 e. The number of hydrogen-bond donors (Lipinski definition) is 3. The molecule has 1 saturated carbocycles. The van der Waals surface area contributed by atoms with Crippen molar-refractivity contribution >= 4 is 11.9 Å². The Bertz CT molecular complexity index is 778. The molecule has 8 heteroatoms. The number of H-pyrrole nitrogens is 1. The van der Waals surface area contributed by atoms with Gasteiger partial charge >= 0.3 is 5.97 Å². The van der Waals surface area contributed by atoms with E-state index in [1.807, 2.05) is 0 Å². The van der Waals surface area contributed by atoms with Gasteiger partial charge < -0.3 is 10.4 Å². The van der Waals surface area contributed by atoms with Crippen molar-refractivity contribution in [1.29, 1.82) is 0 Å². The van der Waals surface area contributed by atoms with Crippen LogP contribution in [0.25, 0.3) is 11.3 Å². The monoisotopic (exact) mass is 349 g/mol. The molecule has 0 saturated heterocycles. The number of carboxylic acids is 1. The fraction of sp³-hybridized carbons (Fsp3) is 0.353. The molecule has 1 fully saturated rings. The number of rotatable bonds is 4. The summed E-state index contributed by atoms with van der Waals surface area (Å²) in [5.74, 6) is -3.28. The highest BCUT2D eigenvalue weighted by Gasteiger charge is 2.28. The Labute approximate surface area is 142 Å². The zero-order valence-corrected chi connectivity index (χ0v) is 13.3. The van der Waals surface area contributed by atoms with Gasteiger partial charge in [-0.25, -0.2) is 8.78 Å². The SMILES string of the molecule is O=C(NC1CCC(C(=O)O)CC1)c1cn[nH]c1-c1c(F)cccc1F. The van der Waals surface area contributed by atoms with Crippen LogP contribution < -0.4 is 5.32 Å². The van der Waals surface area contributed by atoms with E-state index in [0.29, 0.717) is 25.7 Å². The number of halogens is 2. The topological polar surface area (TPSA) is 95.1 Å². The number of carbonyl (C=O) groups is 2. The lowest BCUT2D eigenvalue weighted by atomic mass is 9.86. The van der Waals surface area contributed by atoms with Gasteiger partial charge in [0, 0.05) is 6.04 Å². The summed E-state index contributed by atoms with van der Waals surface area (Å²) in [5, 5.41) is 18.0. The van der Waals surface area contributed by atoms with Gasteiger partial charge in [-0.05, 0) is 37.8 Å². The molecule has 3 rings (SSSR count). The fourth-order valence-electron chi connectivity index (χ4n) is 3.13. The van der Waals surface area contributed by atoms with E-state index in [2.05, 4.69) is 15.5 Å². The second-order valence-electron chi connectivity index (χ2n) is 6.12. The molecule has 0 aliphatic heterocycles. The van der Waals surface area contributed by atoms with Crippen molar-refractivity contribution in [2.24, 2.45) is 5.92 Å². The molecule has 0 unspecified atom stereocenters. The van der Waals surface area contributed by atoms with E-state index < -0.39 is 23.5 Å². The minimum absolute atomic E-state index is 0.0210. The summed E-state index contributed by atoms with van der Waals surface area (Å²) in [6.45, 7) is 0. The summed E-state index contributed by atoms with van der Waals surface area (Å²) < 4.78 is 27.9. The average Bonchev–Trinajstić information content (AvgIpc) is 3.04. The van der Waals surface area contributed by atoms with Crippen LogP contribution >= 0.6 is 0 Å². The van der Waals surface area contributed by atoms with Crippen LogP contribution in [0, 0.1) is 17.6 Å². The summed E-state index contributed by atoms with van der Waals surface area (Å²) in [6.07, 6.45) is 3.29. The number of carboxylic acid groups (broad SMARTS) is 1. The number of aliphatic carboxylic acids is 1. The fourth-order valence-corrected chi connectivity index (χ4v) is 3.13. The van der Waals surface area contributed by atoms with Crippen molar-refractivity contribution in [2.75, 3.05) is 0 Å². The van der Waals surface area contributed by atoms with E-state index in [4.69, 9.17) is 5.11 Å². The minimum atomic E-state index is -0.822. The van der Waals surface area contributed by atoms with Gasteiger partial charge in [-0.2, -0.15) is 5.10 Å². The highest BCUT2D eigenvalue weighted by atomic mass is 19.1. The van der Waals surface area contributed by atoms with Crippen LogP contribution in [0.2, 0.25) is 0 Å². The van der Waals surface area contributed by atoms with Crippen LogP contribution in [0.4, 0.5) is 8.78 Å². The summed E-state index contributed by atoms with van der Waals surface area (Å²) in [7, 11) is 0. The first-order valence-electron chi connectivity index (χ1n) is 7.98. The molecule has 1 aromatic carbocycles. The number of nitrogens with one attached hydrogen (secondary N) is 2. The minimum Gasteiger partial charge on any atom is -0.481 e. The Morgan fingerprint density at radius 3 is 2.40 bits per heavy atom. The van der Waals surface area contributed by atoms with Gasteiger partial charge in [-0.15, -0.1) is 0 Å². The molecule has 1 amide bonds. The Morgan fingerprint density at radius 2 is 1.80 bits per heavy atom. The average molecular weight is 349 g/mol. The Balaban J connectivity index is 1.75. The summed E-state index contributed by atoms with van der Waals surface area (Å²) in [6, 6.07) is 3.28. The second kappa shape index (κ2) is 7.00. The zero-order chi connectivity index (χ0) is 18.0. The maximum atomic E-state index is 14.0. The first-order valence-corrected chi connectivity index (χ1v) is 7.98. The van der Waals surface area contributed by atoms with Crippen molar-refractivity contribution < 1.29 is 23.5 Å². The molecule has 1 aliphatic carbocycles. The maximum absolute atomic E-state index is 14.0. The van der Waals surface area contributed by atoms with E-state index in [-0.39, 0.29) is 28.8 Å². The number of benzene rings is 1. The highest BCUT2D eigenvalue weighted by molar-refractivity contribution is 6.00. The molecule has 6 nitrogen and oxygen atoms in total. The molecular weight excluding hydrogens is 332 g/mol. The van der Waals surface area contributed by atoms with Gasteiger partial charge in [-0.3, -0.25) is 14.7 Å². The van der Waals surface area contributed by atoms with Gasteiger partial charge in [0.05, 0.1) is 28.9 Å². The number of aromatic nitrogens is 2. The van der Waals surface area contributed by atoms with Gasteiger partial charge in [-0.1, -0.05) is 6.07 Å². The molecule has 25 heavy (non-hydrogen) atoms. The van der Waals surface area contributed by atoms with Gasteiger partial charge in [0.15, 0.2) is 0 Å². The van der Waals surface area contributed by atoms with Crippen LogP contribution in [0.3, 0.4) is 0 Å². The second-order valence-corrected chi connectivity index (χ2v) is 6.12. The standard InChI is InChI=1S/C17H17F2N3O3/c18-12-2-1-3-13(19)14(12)15-11(8-20-22-15)16(23)21-10-6-4-9(5-7-10)17(24)25/h1-3,8-10H,4-7H2,(H,20,22)(H,21,23)(H,24,25). The Kier molecular flexibility index (Phi) is 4.78. The van der Waals surface area contributed by atoms with Crippen molar-refractivity contribution in [3.63, 3.8) is 0 Å². The van der Waals surface area contributed by atoms with Gasteiger partial charge in [0.1, 0.15) is 11.6 Å². The van der Waals surface area contributed by atoms with E-state index in [9.17, 15) is 18.4 Å². The lowest BCUT2D eigenvalue weighted by Crippen LogP contribution is -2.38. The van der Waals surface area contributed by atoms with Crippen molar-refractivity contribution in [2.45, 2.75) is 31.7 Å². The third kappa shape index (κ3) is 3.52. The van der Waals surface area contributed by atoms with E-state index in [1.165, 1.54) is 12.3 Å². The predicted octanol–water partition coefficient (Wildman–Crippen LogP) is 2.73. The molecule has 0 spiro atoms. The molecule has 1 heterocycles. The van der Waals surface area contributed by atoms with E-state index in [1.54, 1.807) is 0 Å². The third-order valence-electron chi connectivity index (χ3n) is 4.51. The maximum Gasteiger partial charge on any atom is 0.306 e. The number of amides is 1. The first kappa shape index (κ1) is 17.1. The quantitative estimate of drug-likeness (QED) is 0.791. The molecule has 2 aromatic rings. The van der Waals surface area contributed by atoms with Gasteiger partial charge in [0.2, 0.25) is 0 Å². The molecular formula is C17H17F2N3O3. The van der Waals surface area contributed by atoms with Crippen LogP contribution in [0.1, 0.15) is 36.0 Å². The van der Waals surface area contributed by atoms with Crippen molar-refractivity contribution in [3.8, 4) is 11.3 Å². The predicted molar refractivity (Wildman–Crippen MR) is 84.8 cm³/mol. The Hall–Kier alpha value is -2.77. The van der Waals surface area contributed by atoms with Crippen LogP contribution in [-0.4, -0.2) is 33.2 Å². The molecule has 132 valence electrons. The Morgan fingerprint density at radius 1 is 1.16 bits per heavy atom. The van der Waals surface area contributed by atoms with E-state index in [0.717, 1.165) is 12.1 Å². The normalized spacial score (nSPS) is 20.2. The van der Waals surface area contributed by atoms with E-state index >= 15 is 0 Å². The lowest BCUT2D eigenvalue weighted by molar-refractivity contribution is -0.142. The molecule has 1 aliphatic rings. The number of nitrogens with zero attached hydrogens (tertiary/aromatic N) is 1. The molecule has 1 aromatic heterocycles. The van der Waals surface area contributed by atoms with Gasteiger partial charge in [0.25, 0.3) is 5.91 Å². The highest BCUT2D eigenvalue weighted by Crippen LogP contribution is 2.28. The van der Waals surface area contributed by atoms with Crippen LogP contribution in [-0.2, 0) is 4.79 Å². The lowest BCUT2D eigenvalue weighted by Gasteiger charge is -2.26. The summed E-state index contributed by atoms with van der Waals surface area (Å²) in [4.78, 5) is 23.4. The summed E-state index contributed by atoms with van der Waals surface area (Å²) >= 11 is 0. The van der Waals surface area contributed by atoms with Crippen LogP contribution in [0.5, 0.6) is 0 Å². The number of hydrogen-bond acceptors (Lipinski definition) is 3. The van der Waals surface area contributed by atoms with Crippen LogP contribution in [0.15, 0.2) is 24.4 Å². The summed E-state index contributed by atoms with van der Waals surface area (Å²) in [5.41, 5.74) is -0.309. The molecule has 0 bridgehead atoms. The first-order chi connectivity index (χ1) is 12.0. The molecule has 0 atom stereocenters. The van der Waals surface area contributed by atoms with Crippen molar-refractivity contribution in [3.05, 3.63) is 41.6 Å². The van der Waals surface area contributed by atoms with Crippen molar-refractivity contribution in [1.82, 2.24) is 15.5 Å². The third-order valence-corrected chi connectivity index (χ3v) is 4.51. The molecule has 3 N–H and O–H groups in total. The molecule has 0 radical (unpaired) electrons.